The lowest BCUT2D eigenvalue weighted by Crippen LogP contribution is -2.48. The summed E-state index contributed by atoms with van der Waals surface area (Å²) >= 11 is 0. The number of halogens is 1. The van der Waals surface area contributed by atoms with Crippen molar-refractivity contribution in [3.8, 4) is 0 Å². The Kier molecular flexibility index (Phi) is 4.83. The van der Waals surface area contributed by atoms with E-state index in [0.29, 0.717) is 11.5 Å². The Bertz CT molecular complexity index is 797. The Morgan fingerprint density at radius 2 is 2.04 bits per heavy atom. The summed E-state index contributed by atoms with van der Waals surface area (Å²) in [4.78, 5) is 19.5. The van der Waals surface area contributed by atoms with E-state index in [1.807, 2.05) is 37.3 Å². The van der Waals surface area contributed by atoms with Crippen molar-refractivity contribution in [3.63, 3.8) is 0 Å². The lowest BCUT2D eigenvalue weighted by molar-refractivity contribution is 0.0954. The number of hydrogen-bond donors (Lipinski definition) is 1. The molecule has 2 bridgehead atoms. The van der Waals surface area contributed by atoms with Gasteiger partial charge in [0.05, 0.1) is 16.8 Å². The van der Waals surface area contributed by atoms with Crippen molar-refractivity contribution < 1.29 is 4.79 Å². The number of nitrogens with zero attached hydrogens (tertiary/aromatic N) is 3. The van der Waals surface area contributed by atoms with Crippen LogP contribution in [0.5, 0.6) is 0 Å². The highest BCUT2D eigenvalue weighted by Gasteiger charge is 2.31. The summed E-state index contributed by atoms with van der Waals surface area (Å²) in [5.41, 5.74) is 6.20. The summed E-state index contributed by atoms with van der Waals surface area (Å²) in [7, 11) is 0. The Morgan fingerprint density at radius 3 is 2.75 bits per heavy atom. The van der Waals surface area contributed by atoms with Gasteiger partial charge in [-0.1, -0.05) is 18.2 Å². The molecule has 0 aliphatic carbocycles. The molecule has 24 heavy (non-hydrogen) atoms. The van der Waals surface area contributed by atoms with Crippen molar-refractivity contribution in [1.82, 2.24) is 15.3 Å². The molecule has 2 aromatic rings. The van der Waals surface area contributed by atoms with E-state index in [4.69, 9.17) is 0 Å². The van der Waals surface area contributed by atoms with Crippen LogP contribution >= 0.6 is 12.4 Å². The third-order valence-electron chi connectivity index (χ3n) is 4.83. The molecule has 0 unspecified atom stereocenters. The van der Waals surface area contributed by atoms with Gasteiger partial charge in [-0.2, -0.15) is 5.10 Å². The molecule has 0 radical (unpaired) electrons. The predicted octanol–water partition coefficient (Wildman–Crippen LogP) is 2.78. The molecule has 4 heterocycles. The van der Waals surface area contributed by atoms with Crippen molar-refractivity contribution in [2.24, 2.45) is 11.0 Å². The van der Waals surface area contributed by atoms with Crippen LogP contribution < -0.4 is 5.43 Å². The number of benzene rings is 1. The van der Waals surface area contributed by atoms with Gasteiger partial charge in [-0.05, 0) is 45.0 Å². The van der Waals surface area contributed by atoms with Gasteiger partial charge in [-0.25, -0.2) is 5.43 Å². The number of pyridine rings is 1. The van der Waals surface area contributed by atoms with E-state index in [1.54, 1.807) is 0 Å². The normalized spacial score (nSPS) is 24.0. The molecule has 3 aliphatic heterocycles. The third kappa shape index (κ3) is 3.14. The van der Waals surface area contributed by atoms with Crippen LogP contribution in [0, 0.1) is 12.8 Å². The second-order valence-corrected chi connectivity index (χ2v) is 6.42. The van der Waals surface area contributed by atoms with E-state index in [9.17, 15) is 4.79 Å². The third-order valence-corrected chi connectivity index (χ3v) is 4.83. The number of hydrazone groups is 1. The van der Waals surface area contributed by atoms with Crippen LogP contribution in [-0.2, 0) is 0 Å². The minimum Gasteiger partial charge on any atom is -0.298 e. The predicted molar refractivity (Wildman–Crippen MR) is 97.8 cm³/mol. The number of carbonyl (C=O) groups excluding carboxylic acids is 1. The first-order chi connectivity index (χ1) is 11.2. The Hall–Kier alpha value is -1.98. The molecule has 1 N–H and O–H groups in total. The largest absolute Gasteiger partial charge is 0.298 e. The number of carbonyl (C=O) groups is 1. The first-order valence-electron chi connectivity index (χ1n) is 8.16. The SMILES string of the molecule is Cc1cc(C(=O)N/N=C2/CN3CCC2CC3)c2ccccc2n1.Cl. The van der Waals surface area contributed by atoms with Gasteiger partial charge in [0.1, 0.15) is 0 Å². The number of nitrogens with one attached hydrogen (secondary N) is 1. The van der Waals surface area contributed by atoms with Crippen molar-refractivity contribution >= 4 is 34.9 Å². The monoisotopic (exact) mass is 344 g/mol. The standard InChI is InChI=1S/C18H20N4O.ClH/c1-12-10-15(14-4-2-3-5-16(14)19-12)18(23)21-20-17-11-22-8-6-13(17)7-9-22;/h2-5,10,13H,6-9,11H2,1H3,(H,21,23);1H/b20-17-;. The molecule has 0 saturated carbocycles. The van der Waals surface area contributed by atoms with Crippen LogP contribution in [0.3, 0.4) is 0 Å². The zero-order valence-corrected chi connectivity index (χ0v) is 14.5. The number of fused-ring (bicyclic) bond motifs is 4. The van der Waals surface area contributed by atoms with E-state index in [-0.39, 0.29) is 18.3 Å². The fraction of sp³-hybridized carbons (Fsp3) is 0.389. The van der Waals surface area contributed by atoms with Crippen LogP contribution in [0.2, 0.25) is 0 Å². The summed E-state index contributed by atoms with van der Waals surface area (Å²) in [6.45, 7) is 5.11. The second-order valence-electron chi connectivity index (χ2n) is 6.42. The number of amides is 1. The molecule has 3 aliphatic rings. The first-order valence-corrected chi connectivity index (χ1v) is 8.16. The van der Waals surface area contributed by atoms with Gasteiger partial charge in [0.2, 0.25) is 0 Å². The molecule has 3 saturated heterocycles. The van der Waals surface area contributed by atoms with E-state index >= 15 is 0 Å². The maximum atomic E-state index is 12.6. The summed E-state index contributed by atoms with van der Waals surface area (Å²) in [6, 6.07) is 9.55. The molecular formula is C18H21ClN4O. The maximum absolute atomic E-state index is 12.6. The second kappa shape index (κ2) is 6.87. The number of piperidine rings is 3. The first kappa shape index (κ1) is 16.9. The average molecular weight is 345 g/mol. The molecule has 1 amide bonds. The average Bonchev–Trinajstić information content (AvgIpc) is 2.60. The van der Waals surface area contributed by atoms with Gasteiger partial charge < -0.3 is 0 Å². The quantitative estimate of drug-likeness (QED) is 0.852. The Labute approximate surface area is 147 Å². The summed E-state index contributed by atoms with van der Waals surface area (Å²) in [6.07, 6.45) is 2.32. The zero-order chi connectivity index (χ0) is 15.8. The van der Waals surface area contributed by atoms with Crippen molar-refractivity contribution in [2.75, 3.05) is 19.6 Å². The molecule has 1 aromatic heterocycles. The zero-order valence-electron chi connectivity index (χ0n) is 13.7. The van der Waals surface area contributed by atoms with Gasteiger partial charge in [-0.15, -0.1) is 12.4 Å². The van der Waals surface area contributed by atoms with Crippen LogP contribution in [-0.4, -0.2) is 41.1 Å². The van der Waals surface area contributed by atoms with E-state index in [1.165, 1.54) is 0 Å². The van der Waals surface area contributed by atoms with E-state index in [2.05, 4.69) is 20.4 Å². The van der Waals surface area contributed by atoms with Crippen LogP contribution in [0.1, 0.15) is 28.9 Å². The van der Waals surface area contributed by atoms with Crippen molar-refractivity contribution in [2.45, 2.75) is 19.8 Å². The van der Waals surface area contributed by atoms with Gasteiger partial charge in [0, 0.05) is 23.5 Å². The number of aromatic nitrogens is 1. The fourth-order valence-electron chi connectivity index (χ4n) is 3.59. The lowest BCUT2D eigenvalue weighted by atomic mass is 9.87. The van der Waals surface area contributed by atoms with Gasteiger partial charge in [-0.3, -0.25) is 14.7 Å². The molecule has 5 rings (SSSR count). The molecule has 0 atom stereocenters. The summed E-state index contributed by atoms with van der Waals surface area (Å²) in [5, 5.41) is 5.30. The molecule has 5 nitrogen and oxygen atoms in total. The van der Waals surface area contributed by atoms with E-state index < -0.39 is 0 Å². The molecule has 1 aromatic carbocycles. The molecule has 0 spiro atoms. The topological polar surface area (TPSA) is 57.6 Å². The molecule has 126 valence electrons. The van der Waals surface area contributed by atoms with Crippen molar-refractivity contribution in [1.29, 1.82) is 0 Å². The summed E-state index contributed by atoms with van der Waals surface area (Å²) < 4.78 is 0. The highest BCUT2D eigenvalue weighted by Crippen LogP contribution is 2.25. The van der Waals surface area contributed by atoms with Gasteiger partial charge >= 0.3 is 0 Å². The number of para-hydroxylation sites is 1. The van der Waals surface area contributed by atoms with Crippen LogP contribution in [0.15, 0.2) is 35.4 Å². The number of hydrogen-bond acceptors (Lipinski definition) is 4. The highest BCUT2D eigenvalue weighted by atomic mass is 35.5. The van der Waals surface area contributed by atoms with E-state index in [0.717, 1.165) is 54.8 Å². The number of aryl methyl sites for hydroxylation is 1. The van der Waals surface area contributed by atoms with Crippen LogP contribution in [0.4, 0.5) is 0 Å². The highest BCUT2D eigenvalue weighted by molar-refractivity contribution is 6.06. The van der Waals surface area contributed by atoms with Gasteiger partial charge in [0.25, 0.3) is 5.91 Å². The fourth-order valence-corrected chi connectivity index (χ4v) is 3.59. The minimum absolute atomic E-state index is 0. The maximum Gasteiger partial charge on any atom is 0.272 e. The molecule has 6 heteroatoms. The molecule has 3 fully saturated rings. The lowest BCUT2D eigenvalue weighted by Gasteiger charge is -2.39. The van der Waals surface area contributed by atoms with Gasteiger partial charge in [0.15, 0.2) is 0 Å². The van der Waals surface area contributed by atoms with Crippen LogP contribution in [0.25, 0.3) is 10.9 Å². The summed E-state index contributed by atoms with van der Waals surface area (Å²) in [5.74, 6) is 0.381. The Morgan fingerprint density at radius 1 is 1.29 bits per heavy atom. The number of rotatable bonds is 2. The Balaban J connectivity index is 0.00000169. The smallest absolute Gasteiger partial charge is 0.272 e. The van der Waals surface area contributed by atoms with Crippen molar-refractivity contribution in [3.05, 3.63) is 41.6 Å². The molecular weight excluding hydrogens is 324 g/mol. The minimum atomic E-state index is -0.157.